The minimum atomic E-state index is -0.105. The van der Waals surface area contributed by atoms with E-state index >= 15 is 0 Å². The van der Waals surface area contributed by atoms with Crippen LogP contribution in [0.25, 0.3) is 0 Å². The number of hydrogen-bond donors (Lipinski definition) is 0. The van der Waals surface area contributed by atoms with Crippen molar-refractivity contribution in [3.05, 3.63) is 64.6 Å². The van der Waals surface area contributed by atoms with Crippen LogP contribution >= 0.6 is 0 Å². The molecule has 0 aliphatic carbocycles. The van der Waals surface area contributed by atoms with E-state index in [1.54, 1.807) is 16.8 Å². The minimum Gasteiger partial charge on any atom is -0.491 e. The molecule has 0 spiro atoms. The van der Waals surface area contributed by atoms with E-state index in [0.29, 0.717) is 5.75 Å². The molecule has 2 rings (SSSR count). The predicted molar refractivity (Wildman–Crippen MR) is 67.5 cm³/mol. The monoisotopic (exact) mass is 229 g/mol. The summed E-state index contributed by atoms with van der Waals surface area (Å²) in [6, 6.07) is 13.4. The van der Waals surface area contributed by atoms with Crippen molar-refractivity contribution in [2.75, 3.05) is 7.11 Å². The van der Waals surface area contributed by atoms with Gasteiger partial charge in [0.1, 0.15) is 0 Å². The average molecular weight is 229 g/mol. The summed E-state index contributed by atoms with van der Waals surface area (Å²) < 4.78 is 6.71. The quantitative estimate of drug-likeness (QED) is 0.809. The molecule has 2 aromatic rings. The molecule has 3 nitrogen and oxygen atoms in total. The van der Waals surface area contributed by atoms with Crippen LogP contribution in [0.5, 0.6) is 5.75 Å². The Morgan fingerprint density at radius 3 is 2.47 bits per heavy atom. The van der Waals surface area contributed by atoms with Crippen LogP contribution in [0.15, 0.2) is 53.5 Å². The number of pyridine rings is 1. The van der Waals surface area contributed by atoms with Gasteiger partial charge < -0.3 is 9.30 Å². The van der Waals surface area contributed by atoms with Gasteiger partial charge in [0.2, 0.25) is 0 Å². The van der Waals surface area contributed by atoms with Gasteiger partial charge in [-0.25, -0.2) is 0 Å². The molecule has 0 N–H and O–H groups in total. The Hall–Kier alpha value is -2.03. The number of hydrogen-bond acceptors (Lipinski definition) is 2. The fourth-order valence-corrected chi connectivity index (χ4v) is 1.84. The van der Waals surface area contributed by atoms with Gasteiger partial charge in [-0.05, 0) is 24.6 Å². The first kappa shape index (κ1) is 11.5. The Labute approximate surface area is 100 Å². The van der Waals surface area contributed by atoms with Gasteiger partial charge >= 0.3 is 0 Å². The summed E-state index contributed by atoms with van der Waals surface area (Å²) in [5.74, 6) is 0.371. The van der Waals surface area contributed by atoms with E-state index in [2.05, 4.69) is 0 Å². The van der Waals surface area contributed by atoms with E-state index in [1.807, 2.05) is 43.3 Å². The first-order valence-electron chi connectivity index (χ1n) is 5.54. The normalized spacial score (nSPS) is 12.1. The van der Waals surface area contributed by atoms with Crippen LogP contribution in [0.1, 0.15) is 18.5 Å². The van der Waals surface area contributed by atoms with Crippen molar-refractivity contribution in [1.29, 1.82) is 0 Å². The zero-order chi connectivity index (χ0) is 12.3. The number of nitrogens with zero attached hydrogens (tertiary/aromatic N) is 1. The summed E-state index contributed by atoms with van der Waals surface area (Å²) in [5, 5.41) is 0. The Bertz CT molecular complexity index is 546. The van der Waals surface area contributed by atoms with Crippen LogP contribution in [0.2, 0.25) is 0 Å². The summed E-state index contributed by atoms with van der Waals surface area (Å²) in [6.45, 7) is 2.00. The molecule has 1 aromatic heterocycles. The first-order chi connectivity index (χ1) is 8.24. The van der Waals surface area contributed by atoms with Gasteiger partial charge in [0.05, 0.1) is 13.2 Å². The standard InChI is InChI=1S/C14H15NO2/c1-11(12-7-4-3-5-8-12)15-10-6-9-13(17-2)14(15)16/h3-11H,1-2H3. The lowest BCUT2D eigenvalue weighted by molar-refractivity contribution is 0.400. The van der Waals surface area contributed by atoms with E-state index in [1.165, 1.54) is 7.11 Å². The van der Waals surface area contributed by atoms with Gasteiger partial charge in [-0.3, -0.25) is 4.79 Å². The van der Waals surface area contributed by atoms with Crippen molar-refractivity contribution in [2.45, 2.75) is 13.0 Å². The molecule has 0 aliphatic heterocycles. The molecule has 0 radical (unpaired) electrons. The van der Waals surface area contributed by atoms with Crippen molar-refractivity contribution in [2.24, 2.45) is 0 Å². The summed E-state index contributed by atoms with van der Waals surface area (Å²) >= 11 is 0. The summed E-state index contributed by atoms with van der Waals surface area (Å²) in [4.78, 5) is 12.1. The number of aromatic nitrogens is 1. The Balaban J connectivity index is 2.45. The SMILES string of the molecule is COc1cccn(C(C)c2ccccc2)c1=O. The minimum absolute atomic E-state index is 0.00111. The molecule has 17 heavy (non-hydrogen) atoms. The van der Waals surface area contributed by atoms with Gasteiger partial charge in [-0.2, -0.15) is 0 Å². The van der Waals surface area contributed by atoms with Crippen LogP contribution in [0.3, 0.4) is 0 Å². The molecule has 88 valence electrons. The van der Waals surface area contributed by atoms with Gasteiger partial charge in [-0.1, -0.05) is 30.3 Å². The number of benzene rings is 1. The van der Waals surface area contributed by atoms with E-state index in [-0.39, 0.29) is 11.6 Å². The molecule has 1 unspecified atom stereocenters. The molecule has 0 saturated heterocycles. The van der Waals surface area contributed by atoms with Gasteiger partial charge in [0, 0.05) is 6.20 Å². The second kappa shape index (κ2) is 4.87. The predicted octanol–water partition coefficient (Wildman–Crippen LogP) is 2.47. The lowest BCUT2D eigenvalue weighted by Gasteiger charge is -2.16. The first-order valence-corrected chi connectivity index (χ1v) is 5.54. The van der Waals surface area contributed by atoms with Gasteiger partial charge in [0.15, 0.2) is 5.75 Å². The van der Waals surface area contributed by atoms with Crippen LogP contribution < -0.4 is 10.3 Å². The zero-order valence-corrected chi connectivity index (χ0v) is 9.96. The van der Waals surface area contributed by atoms with Crippen molar-refractivity contribution in [1.82, 2.24) is 4.57 Å². The van der Waals surface area contributed by atoms with E-state index in [4.69, 9.17) is 4.74 Å². The number of ether oxygens (including phenoxy) is 1. The summed E-state index contributed by atoms with van der Waals surface area (Å²) in [7, 11) is 1.51. The third-order valence-electron chi connectivity index (χ3n) is 2.86. The second-order valence-corrected chi connectivity index (χ2v) is 3.88. The largest absolute Gasteiger partial charge is 0.491 e. The third-order valence-corrected chi connectivity index (χ3v) is 2.86. The summed E-state index contributed by atoms with van der Waals surface area (Å²) in [5.41, 5.74) is 0.995. The topological polar surface area (TPSA) is 31.2 Å². The smallest absolute Gasteiger partial charge is 0.293 e. The molecule has 1 atom stereocenters. The molecule has 1 aromatic carbocycles. The van der Waals surface area contributed by atoms with Crippen molar-refractivity contribution in [3.8, 4) is 5.75 Å². The molecule has 0 aliphatic rings. The third kappa shape index (κ3) is 2.23. The van der Waals surface area contributed by atoms with Crippen molar-refractivity contribution < 1.29 is 4.74 Å². The zero-order valence-electron chi connectivity index (χ0n) is 9.96. The second-order valence-electron chi connectivity index (χ2n) is 3.88. The Morgan fingerprint density at radius 1 is 1.12 bits per heavy atom. The van der Waals surface area contributed by atoms with Gasteiger partial charge in [-0.15, -0.1) is 0 Å². The maximum atomic E-state index is 12.1. The highest BCUT2D eigenvalue weighted by atomic mass is 16.5. The molecule has 0 amide bonds. The number of rotatable bonds is 3. The van der Waals surface area contributed by atoms with E-state index < -0.39 is 0 Å². The number of methoxy groups -OCH3 is 1. The Morgan fingerprint density at radius 2 is 1.82 bits per heavy atom. The Kier molecular flexibility index (Phi) is 3.28. The van der Waals surface area contributed by atoms with E-state index in [9.17, 15) is 4.79 Å². The molecular formula is C14H15NO2. The summed E-state index contributed by atoms with van der Waals surface area (Å²) in [6.07, 6.45) is 1.78. The van der Waals surface area contributed by atoms with E-state index in [0.717, 1.165) is 5.56 Å². The fourth-order valence-electron chi connectivity index (χ4n) is 1.84. The van der Waals surface area contributed by atoms with Crippen LogP contribution in [0.4, 0.5) is 0 Å². The van der Waals surface area contributed by atoms with Crippen LogP contribution in [-0.2, 0) is 0 Å². The maximum Gasteiger partial charge on any atom is 0.293 e. The highest BCUT2D eigenvalue weighted by molar-refractivity contribution is 5.23. The fraction of sp³-hybridized carbons (Fsp3) is 0.214. The highest BCUT2D eigenvalue weighted by Crippen LogP contribution is 2.16. The van der Waals surface area contributed by atoms with Crippen LogP contribution in [0, 0.1) is 0 Å². The maximum absolute atomic E-state index is 12.1. The van der Waals surface area contributed by atoms with Crippen molar-refractivity contribution >= 4 is 0 Å². The molecule has 0 bridgehead atoms. The van der Waals surface area contributed by atoms with Gasteiger partial charge in [0.25, 0.3) is 5.56 Å². The molecule has 0 saturated carbocycles. The average Bonchev–Trinajstić information content (AvgIpc) is 2.39. The molecular weight excluding hydrogens is 214 g/mol. The molecule has 0 fully saturated rings. The lowest BCUT2D eigenvalue weighted by Crippen LogP contribution is -2.24. The highest BCUT2D eigenvalue weighted by Gasteiger charge is 2.10. The van der Waals surface area contributed by atoms with Crippen LogP contribution in [-0.4, -0.2) is 11.7 Å². The molecule has 3 heteroatoms. The molecule has 1 heterocycles. The van der Waals surface area contributed by atoms with Crippen molar-refractivity contribution in [3.63, 3.8) is 0 Å². The lowest BCUT2D eigenvalue weighted by atomic mass is 10.1.